The minimum atomic E-state index is -0.833. The summed E-state index contributed by atoms with van der Waals surface area (Å²) in [7, 11) is 0. The fourth-order valence-electron chi connectivity index (χ4n) is 2.33. The lowest BCUT2D eigenvalue weighted by molar-refractivity contribution is 0.180. The van der Waals surface area contributed by atoms with Crippen LogP contribution in [0.2, 0.25) is 0 Å². The molecule has 1 atom stereocenters. The Labute approximate surface area is 129 Å². The predicted molar refractivity (Wildman–Crippen MR) is 84.7 cm³/mol. The van der Waals surface area contributed by atoms with Gasteiger partial charge in [0.05, 0.1) is 0 Å². The van der Waals surface area contributed by atoms with Crippen LogP contribution in [0.15, 0.2) is 71.1 Å². The van der Waals surface area contributed by atoms with Gasteiger partial charge in [0.1, 0.15) is 30.0 Å². The monoisotopic (exact) mass is 294 g/mol. The fraction of sp³-hybridized carbons (Fsp3) is 0.158. The van der Waals surface area contributed by atoms with Gasteiger partial charge in [-0.15, -0.1) is 0 Å². The van der Waals surface area contributed by atoms with Crippen LogP contribution >= 0.6 is 0 Å². The van der Waals surface area contributed by atoms with E-state index in [1.54, 1.807) is 6.07 Å². The maximum atomic E-state index is 10.5. The van der Waals surface area contributed by atoms with Gasteiger partial charge in [-0.1, -0.05) is 48.5 Å². The number of rotatable bonds is 5. The van der Waals surface area contributed by atoms with E-state index in [-0.39, 0.29) is 0 Å². The molecular formula is C19H18O3. The normalized spacial score (nSPS) is 12.1. The smallest absolute Gasteiger partial charge is 0.140 e. The molecule has 1 unspecified atom stereocenters. The fourth-order valence-corrected chi connectivity index (χ4v) is 2.33. The van der Waals surface area contributed by atoms with Gasteiger partial charge in [0.25, 0.3) is 0 Å². The lowest BCUT2D eigenvalue weighted by atomic mass is 10.1. The molecule has 0 bridgehead atoms. The van der Waals surface area contributed by atoms with Gasteiger partial charge in [0.15, 0.2) is 0 Å². The summed E-state index contributed by atoms with van der Waals surface area (Å²) in [6.07, 6.45) is -0.833. The summed E-state index contributed by atoms with van der Waals surface area (Å²) in [5, 5.41) is 10.5. The van der Waals surface area contributed by atoms with Gasteiger partial charge in [-0.3, -0.25) is 0 Å². The van der Waals surface area contributed by atoms with Crippen molar-refractivity contribution in [3.63, 3.8) is 0 Å². The number of aryl methyl sites for hydroxylation is 1. The molecule has 112 valence electrons. The maximum absolute atomic E-state index is 10.5. The molecule has 2 aromatic carbocycles. The van der Waals surface area contributed by atoms with Crippen molar-refractivity contribution >= 4 is 0 Å². The van der Waals surface area contributed by atoms with Gasteiger partial charge < -0.3 is 14.3 Å². The second-order valence-electron chi connectivity index (χ2n) is 5.16. The first-order chi connectivity index (χ1) is 10.7. The Morgan fingerprint density at radius 1 is 0.955 bits per heavy atom. The molecule has 0 spiro atoms. The molecule has 0 radical (unpaired) electrons. The Morgan fingerprint density at radius 3 is 2.41 bits per heavy atom. The van der Waals surface area contributed by atoms with Gasteiger partial charge in [-0.25, -0.2) is 0 Å². The van der Waals surface area contributed by atoms with Crippen LogP contribution in [0.4, 0.5) is 0 Å². The van der Waals surface area contributed by atoms with Crippen molar-refractivity contribution in [3.8, 4) is 5.75 Å². The quantitative estimate of drug-likeness (QED) is 0.765. The van der Waals surface area contributed by atoms with Crippen LogP contribution in [0.25, 0.3) is 0 Å². The SMILES string of the molecule is Cc1ccc(C(O)c2ccccc2OCc2ccccc2)o1. The summed E-state index contributed by atoms with van der Waals surface area (Å²) >= 11 is 0. The number of aliphatic hydroxyl groups excluding tert-OH is 1. The highest BCUT2D eigenvalue weighted by atomic mass is 16.5. The van der Waals surface area contributed by atoms with E-state index in [0.29, 0.717) is 23.7 Å². The number of para-hydroxylation sites is 1. The first kappa shape index (κ1) is 14.4. The van der Waals surface area contributed by atoms with Crippen molar-refractivity contribution in [1.29, 1.82) is 0 Å². The highest BCUT2D eigenvalue weighted by Crippen LogP contribution is 2.31. The summed E-state index contributed by atoms with van der Waals surface area (Å²) in [4.78, 5) is 0. The third-order valence-corrected chi connectivity index (χ3v) is 3.48. The third kappa shape index (κ3) is 3.21. The van der Waals surface area contributed by atoms with Crippen molar-refractivity contribution in [3.05, 3.63) is 89.4 Å². The molecule has 0 saturated carbocycles. The van der Waals surface area contributed by atoms with E-state index in [1.807, 2.05) is 67.6 Å². The minimum absolute atomic E-state index is 0.460. The highest BCUT2D eigenvalue weighted by molar-refractivity contribution is 5.38. The molecule has 0 aliphatic carbocycles. The Hall–Kier alpha value is -2.52. The first-order valence-electron chi connectivity index (χ1n) is 7.24. The largest absolute Gasteiger partial charge is 0.489 e. The minimum Gasteiger partial charge on any atom is -0.489 e. The molecule has 3 nitrogen and oxygen atoms in total. The van der Waals surface area contributed by atoms with Gasteiger partial charge in [0.2, 0.25) is 0 Å². The van der Waals surface area contributed by atoms with Crippen molar-refractivity contribution < 1.29 is 14.3 Å². The van der Waals surface area contributed by atoms with E-state index in [9.17, 15) is 5.11 Å². The lowest BCUT2D eigenvalue weighted by Gasteiger charge is -2.15. The summed E-state index contributed by atoms with van der Waals surface area (Å²) in [5.74, 6) is 1.96. The molecular weight excluding hydrogens is 276 g/mol. The summed E-state index contributed by atoms with van der Waals surface area (Å²) < 4.78 is 11.4. The third-order valence-electron chi connectivity index (χ3n) is 3.48. The average molecular weight is 294 g/mol. The van der Waals surface area contributed by atoms with Gasteiger partial charge >= 0.3 is 0 Å². The summed E-state index contributed by atoms with van der Waals surface area (Å²) in [6, 6.07) is 21.0. The Morgan fingerprint density at radius 2 is 1.68 bits per heavy atom. The van der Waals surface area contributed by atoms with Crippen LogP contribution in [0, 0.1) is 6.92 Å². The van der Waals surface area contributed by atoms with Gasteiger partial charge in [-0.05, 0) is 30.7 Å². The molecule has 1 heterocycles. The van der Waals surface area contributed by atoms with Crippen molar-refractivity contribution in [2.45, 2.75) is 19.6 Å². The lowest BCUT2D eigenvalue weighted by Crippen LogP contribution is -2.03. The number of benzene rings is 2. The highest BCUT2D eigenvalue weighted by Gasteiger charge is 2.18. The number of ether oxygens (including phenoxy) is 1. The van der Waals surface area contributed by atoms with Crippen LogP contribution in [-0.4, -0.2) is 5.11 Å². The van der Waals surface area contributed by atoms with Crippen molar-refractivity contribution in [1.82, 2.24) is 0 Å². The van der Waals surface area contributed by atoms with Crippen LogP contribution in [0.3, 0.4) is 0 Å². The molecule has 1 aromatic heterocycles. The molecule has 0 aliphatic rings. The zero-order chi connectivity index (χ0) is 15.4. The molecule has 0 saturated heterocycles. The van der Waals surface area contributed by atoms with Crippen molar-refractivity contribution in [2.24, 2.45) is 0 Å². The molecule has 1 N–H and O–H groups in total. The van der Waals surface area contributed by atoms with E-state index in [1.165, 1.54) is 0 Å². The number of furan rings is 1. The number of aliphatic hydroxyl groups is 1. The standard InChI is InChI=1S/C19H18O3/c1-14-11-12-18(22-14)19(20)16-9-5-6-10-17(16)21-13-15-7-3-2-4-8-15/h2-12,19-20H,13H2,1H3. The zero-order valence-electron chi connectivity index (χ0n) is 12.4. The van der Waals surface area contributed by atoms with E-state index >= 15 is 0 Å². The molecule has 0 amide bonds. The first-order valence-corrected chi connectivity index (χ1v) is 7.24. The Kier molecular flexibility index (Phi) is 4.26. The van der Waals surface area contributed by atoms with E-state index in [2.05, 4.69) is 0 Å². The Bertz CT molecular complexity index is 731. The number of hydrogen-bond acceptors (Lipinski definition) is 3. The van der Waals surface area contributed by atoms with E-state index in [0.717, 1.165) is 11.3 Å². The summed E-state index contributed by atoms with van der Waals surface area (Å²) in [6.45, 7) is 2.32. The zero-order valence-corrected chi connectivity index (χ0v) is 12.4. The number of hydrogen-bond donors (Lipinski definition) is 1. The molecule has 3 aromatic rings. The van der Waals surface area contributed by atoms with E-state index in [4.69, 9.17) is 9.15 Å². The second-order valence-corrected chi connectivity index (χ2v) is 5.16. The average Bonchev–Trinajstić information content (AvgIpc) is 3.00. The molecule has 22 heavy (non-hydrogen) atoms. The van der Waals surface area contributed by atoms with Gasteiger partial charge in [0, 0.05) is 5.56 Å². The predicted octanol–water partition coefficient (Wildman–Crippen LogP) is 4.25. The van der Waals surface area contributed by atoms with Crippen LogP contribution < -0.4 is 4.74 Å². The topological polar surface area (TPSA) is 42.6 Å². The second kappa shape index (κ2) is 6.50. The van der Waals surface area contributed by atoms with Gasteiger partial charge in [-0.2, -0.15) is 0 Å². The van der Waals surface area contributed by atoms with Crippen LogP contribution in [-0.2, 0) is 6.61 Å². The van der Waals surface area contributed by atoms with Crippen LogP contribution in [0.5, 0.6) is 5.75 Å². The van der Waals surface area contributed by atoms with Crippen LogP contribution in [0.1, 0.15) is 28.8 Å². The molecule has 0 fully saturated rings. The van der Waals surface area contributed by atoms with Crippen molar-refractivity contribution in [2.75, 3.05) is 0 Å². The molecule has 3 rings (SSSR count). The maximum Gasteiger partial charge on any atom is 0.140 e. The molecule has 0 aliphatic heterocycles. The summed E-state index contributed by atoms with van der Waals surface area (Å²) in [5.41, 5.74) is 1.79. The molecule has 3 heteroatoms. The van der Waals surface area contributed by atoms with E-state index < -0.39 is 6.10 Å². The Balaban J connectivity index is 1.80.